The Labute approximate surface area is 118 Å². The van der Waals surface area contributed by atoms with Crippen LogP contribution in [0, 0.1) is 21.7 Å². The zero-order valence-corrected chi connectivity index (χ0v) is 11.2. The lowest BCUT2D eigenvalue weighted by molar-refractivity contribution is -0.384. The van der Waals surface area contributed by atoms with Crippen molar-refractivity contribution in [3.8, 4) is 11.3 Å². The van der Waals surface area contributed by atoms with Crippen LogP contribution in [0.1, 0.15) is 0 Å². The number of benzene rings is 1. The van der Waals surface area contributed by atoms with E-state index in [0.717, 1.165) is 18.3 Å². The summed E-state index contributed by atoms with van der Waals surface area (Å²) in [5, 5.41) is 10.5. The summed E-state index contributed by atoms with van der Waals surface area (Å²) in [5.74, 6) is -1.99. The molecule has 2 rings (SSSR count). The minimum atomic E-state index is -1.00. The molecule has 0 saturated carbocycles. The first kappa shape index (κ1) is 13.8. The Morgan fingerprint density at radius 2 is 2.05 bits per heavy atom. The molecule has 5 nitrogen and oxygen atoms in total. The Morgan fingerprint density at radius 3 is 2.68 bits per heavy atom. The van der Waals surface area contributed by atoms with Gasteiger partial charge < -0.3 is 0 Å². The third kappa shape index (κ3) is 2.54. The van der Waals surface area contributed by atoms with Crippen molar-refractivity contribution in [2.45, 2.75) is 0 Å². The molecule has 0 amide bonds. The van der Waals surface area contributed by atoms with Crippen LogP contribution in [0.4, 0.5) is 14.5 Å². The van der Waals surface area contributed by atoms with Crippen LogP contribution in [-0.4, -0.2) is 14.9 Å². The van der Waals surface area contributed by atoms with Gasteiger partial charge in [0.25, 0.3) is 0 Å². The Morgan fingerprint density at radius 1 is 1.37 bits per heavy atom. The molecule has 9 heteroatoms. The Hall–Kier alpha value is -1.67. The molecule has 0 fully saturated rings. The highest BCUT2D eigenvalue weighted by atomic mass is 79.9. The molecule has 0 unspecified atom stereocenters. The predicted molar refractivity (Wildman–Crippen MR) is 66.7 cm³/mol. The zero-order valence-electron chi connectivity index (χ0n) is 8.90. The molecule has 0 aliphatic heterocycles. The highest BCUT2D eigenvalue weighted by Crippen LogP contribution is 2.34. The van der Waals surface area contributed by atoms with Gasteiger partial charge in [-0.2, -0.15) is 0 Å². The molecule has 0 aliphatic carbocycles. The van der Waals surface area contributed by atoms with Gasteiger partial charge in [-0.25, -0.2) is 18.7 Å². The first-order valence-electron chi connectivity index (χ1n) is 4.72. The number of nitrogens with zero attached hydrogens (tertiary/aromatic N) is 3. The van der Waals surface area contributed by atoms with Gasteiger partial charge in [0, 0.05) is 0 Å². The van der Waals surface area contributed by atoms with E-state index in [9.17, 15) is 18.9 Å². The van der Waals surface area contributed by atoms with E-state index < -0.39 is 33.5 Å². The van der Waals surface area contributed by atoms with E-state index >= 15 is 0 Å². The average Bonchev–Trinajstić information content (AvgIpc) is 2.34. The lowest BCUT2D eigenvalue weighted by Crippen LogP contribution is -2.01. The fourth-order valence-electron chi connectivity index (χ4n) is 1.42. The number of hydrogen-bond acceptors (Lipinski definition) is 4. The van der Waals surface area contributed by atoms with E-state index in [0.29, 0.717) is 0 Å². The maximum absolute atomic E-state index is 13.9. The van der Waals surface area contributed by atoms with Gasteiger partial charge in [0.1, 0.15) is 17.8 Å². The molecule has 19 heavy (non-hydrogen) atoms. The SMILES string of the molecule is O=[N+]([O-])c1cnc(Cl)nc1-c1c(F)ccc(Br)c1F. The Bertz CT molecular complexity index is 684. The van der Waals surface area contributed by atoms with Crippen molar-refractivity contribution in [1.29, 1.82) is 0 Å². The van der Waals surface area contributed by atoms with Crippen LogP contribution in [0.3, 0.4) is 0 Å². The Kier molecular flexibility index (Phi) is 3.72. The van der Waals surface area contributed by atoms with Crippen molar-refractivity contribution in [2.75, 3.05) is 0 Å². The second-order valence-electron chi connectivity index (χ2n) is 3.35. The van der Waals surface area contributed by atoms with Crippen molar-refractivity contribution in [1.82, 2.24) is 9.97 Å². The fraction of sp³-hybridized carbons (Fsp3) is 0. The average molecular weight is 351 g/mol. The third-order valence-corrected chi connectivity index (χ3v) is 3.01. The predicted octanol–water partition coefficient (Wildman–Crippen LogP) is 3.75. The number of halogens is 4. The van der Waals surface area contributed by atoms with Crippen LogP contribution in [0.15, 0.2) is 22.8 Å². The second kappa shape index (κ2) is 5.14. The Balaban J connectivity index is 2.82. The number of aromatic nitrogens is 2. The highest BCUT2D eigenvalue weighted by molar-refractivity contribution is 9.10. The number of hydrogen-bond donors (Lipinski definition) is 0. The molecule has 0 saturated heterocycles. The van der Waals surface area contributed by atoms with Gasteiger partial charge in [-0.3, -0.25) is 10.1 Å². The normalized spacial score (nSPS) is 10.5. The minimum absolute atomic E-state index is 0.0482. The van der Waals surface area contributed by atoms with Crippen molar-refractivity contribution in [3.05, 3.63) is 49.8 Å². The van der Waals surface area contributed by atoms with Crippen LogP contribution in [-0.2, 0) is 0 Å². The van der Waals surface area contributed by atoms with Crippen LogP contribution in [0.2, 0.25) is 5.28 Å². The van der Waals surface area contributed by atoms with Gasteiger partial charge in [-0.1, -0.05) is 0 Å². The van der Waals surface area contributed by atoms with Crippen molar-refractivity contribution >= 4 is 33.2 Å². The van der Waals surface area contributed by atoms with E-state index in [2.05, 4.69) is 25.9 Å². The smallest absolute Gasteiger partial charge is 0.258 e. The van der Waals surface area contributed by atoms with E-state index in [4.69, 9.17) is 11.6 Å². The molecule has 1 aromatic carbocycles. The molecule has 98 valence electrons. The van der Waals surface area contributed by atoms with Crippen molar-refractivity contribution in [2.24, 2.45) is 0 Å². The topological polar surface area (TPSA) is 68.9 Å². The van der Waals surface area contributed by atoms with Gasteiger partial charge in [-0.15, -0.1) is 0 Å². The summed E-state index contributed by atoms with van der Waals surface area (Å²) >= 11 is 8.38. The summed E-state index contributed by atoms with van der Waals surface area (Å²) in [6.07, 6.45) is 0.796. The van der Waals surface area contributed by atoms with E-state index in [1.165, 1.54) is 0 Å². The number of nitro groups is 1. The van der Waals surface area contributed by atoms with Gasteiger partial charge in [0.05, 0.1) is 15.0 Å². The number of rotatable bonds is 2. The first-order valence-corrected chi connectivity index (χ1v) is 5.89. The molecular weight excluding hydrogens is 347 g/mol. The van der Waals surface area contributed by atoms with Gasteiger partial charge in [-0.05, 0) is 39.7 Å². The second-order valence-corrected chi connectivity index (χ2v) is 4.54. The summed E-state index contributed by atoms with van der Waals surface area (Å²) in [6, 6.07) is 2.10. The maximum Gasteiger partial charge on any atom is 0.313 e. The summed E-state index contributed by atoms with van der Waals surface area (Å²) in [7, 11) is 0. The van der Waals surface area contributed by atoms with Crippen LogP contribution in [0.25, 0.3) is 11.3 Å². The van der Waals surface area contributed by atoms with Crippen LogP contribution < -0.4 is 0 Å². The molecule has 2 aromatic rings. The summed E-state index contributed by atoms with van der Waals surface area (Å²) in [6.45, 7) is 0. The molecule has 0 radical (unpaired) electrons. The van der Waals surface area contributed by atoms with Crippen LogP contribution >= 0.6 is 27.5 Å². The summed E-state index contributed by atoms with van der Waals surface area (Å²) in [4.78, 5) is 17.0. The summed E-state index contributed by atoms with van der Waals surface area (Å²) in [5.41, 5.74) is -1.79. The first-order chi connectivity index (χ1) is 8.91. The van der Waals surface area contributed by atoms with E-state index in [1.807, 2.05) is 0 Å². The molecule has 0 bridgehead atoms. The standard InChI is InChI=1S/C10H3BrClF2N3O2/c11-4-1-2-5(13)7(8(4)14)9-6(17(18)19)3-15-10(12)16-9/h1-3H. The van der Waals surface area contributed by atoms with Crippen molar-refractivity contribution < 1.29 is 13.7 Å². The molecule has 0 spiro atoms. The van der Waals surface area contributed by atoms with E-state index in [-0.39, 0.29) is 9.76 Å². The van der Waals surface area contributed by atoms with Gasteiger partial charge in [0.15, 0.2) is 5.69 Å². The summed E-state index contributed by atoms with van der Waals surface area (Å²) < 4.78 is 27.6. The van der Waals surface area contributed by atoms with Gasteiger partial charge >= 0.3 is 5.69 Å². The quantitative estimate of drug-likeness (QED) is 0.358. The largest absolute Gasteiger partial charge is 0.313 e. The minimum Gasteiger partial charge on any atom is -0.258 e. The highest BCUT2D eigenvalue weighted by Gasteiger charge is 2.25. The molecule has 1 heterocycles. The monoisotopic (exact) mass is 349 g/mol. The molecule has 1 aromatic heterocycles. The molecule has 0 N–H and O–H groups in total. The third-order valence-electron chi connectivity index (χ3n) is 2.22. The maximum atomic E-state index is 13.9. The van der Waals surface area contributed by atoms with E-state index in [1.54, 1.807) is 0 Å². The van der Waals surface area contributed by atoms with Gasteiger partial charge in [0.2, 0.25) is 5.28 Å². The van der Waals surface area contributed by atoms with Crippen LogP contribution in [0.5, 0.6) is 0 Å². The zero-order chi connectivity index (χ0) is 14.2. The lowest BCUT2D eigenvalue weighted by atomic mass is 10.1. The lowest BCUT2D eigenvalue weighted by Gasteiger charge is -2.06. The molecule has 0 atom stereocenters. The molecule has 0 aliphatic rings. The molecular formula is C10H3BrClF2N3O2. The van der Waals surface area contributed by atoms with Crippen molar-refractivity contribution in [3.63, 3.8) is 0 Å². The fourth-order valence-corrected chi connectivity index (χ4v) is 1.88.